The number of carbonyl (C=O) groups excluding carboxylic acids is 1. The van der Waals surface area contributed by atoms with Crippen molar-refractivity contribution >= 4 is 33.2 Å². The van der Waals surface area contributed by atoms with Gasteiger partial charge >= 0.3 is 0 Å². The topological polar surface area (TPSA) is 110 Å². The maximum Gasteiger partial charge on any atom is 0.234 e. The summed E-state index contributed by atoms with van der Waals surface area (Å²) in [4.78, 5) is 20.3. The van der Waals surface area contributed by atoms with Gasteiger partial charge in [-0.05, 0) is 31.2 Å². The van der Waals surface area contributed by atoms with Crippen LogP contribution >= 0.6 is 11.8 Å². The molecule has 0 radical (unpaired) electrons. The van der Waals surface area contributed by atoms with Crippen LogP contribution in [0, 0.1) is 6.92 Å². The highest BCUT2D eigenvalue weighted by molar-refractivity contribution is 8.00. The van der Waals surface area contributed by atoms with Crippen molar-refractivity contribution in [2.45, 2.75) is 21.9 Å². The summed E-state index contributed by atoms with van der Waals surface area (Å²) in [6, 6.07) is 20.8. The van der Waals surface area contributed by atoms with Crippen molar-refractivity contribution < 1.29 is 22.7 Å². The van der Waals surface area contributed by atoms with Gasteiger partial charge in [0.2, 0.25) is 22.5 Å². The predicted octanol–water partition coefficient (Wildman–Crippen LogP) is 4.68. The van der Waals surface area contributed by atoms with E-state index in [0.717, 1.165) is 22.9 Å². The number of nitrogens with one attached hydrogen (secondary N) is 2. The Bertz CT molecular complexity index is 1480. The molecule has 4 aromatic rings. The van der Waals surface area contributed by atoms with Gasteiger partial charge in [0.05, 0.1) is 10.6 Å². The van der Waals surface area contributed by atoms with E-state index < -0.39 is 9.84 Å². The van der Waals surface area contributed by atoms with E-state index in [-0.39, 0.29) is 33.4 Å². The summed E-state index contributed by atoms with van der Waals surface area (Å²) in [5.41, 5.74) is 2.38. The fourth-order valence-corrected chi connectivity index (χ4v) is 5.93. The number of anilines is 1. The summed E-state index contributed by atoms with van der Waals surface area (Å²) in [6.45, 7) is 2.11. The van der Waals surface area contributed by atoms with Gasteiger partial charge in [0.1, 0.15) is 10.9 Å². The Morgan fingerprint density at radius 3 is 2.54 bits per heavy atom. The quantitative estimate of drug-likeness (QED) is 0.350. The molecule has 1 amide bonds. The summed E-state index contributed by atoms with van der Waals surface area (Å²) in [5.74, 6) is 1.24. The van der Waals surface area contributed by atoms with Crippen LogP contribution in [0.15, 0.2) is 87.7 Å². The minimum Gasteiger partial charge on any atom is -0.454 e. The number of aromatic amines is 1. The van der Waals surface area contributed by atoms with E-state index in [1.54, 1.807) is 36.4 Å². The van der Waals surface area contributed by atoms with Crippen LogP contribution in [0.2, 0.25) is 0 Å². The Morgan fingerprint density at radius 1 is 1.03 bits per heavy atom. The zero-order valence-electron chi connectivity index (χ0n) is 18.6. The van der Waals surface area contributed by atoms with Crippen LogP contribution in [0.4, 0.5) is 5.69 Å². The third-order valence-electron chi connectivity index (χ3n) is 5.28. The van der Waals surface area contributed by atoms with Gasteiger partial charge in [-0.1, -0.05) is 59.8 Å². The second-order valence-electron chi connectivity index (χ2n) is 7.81. The van der Waals surface area contributed by atoms with Crippen LogP contribution < -0.4 is 14.8 Å². The predicted molar refractivity (Wildman–Crippen MR) is 133 cm³/mol. The summed E-state index contributed by atoms with van der Waals surface area (Å²) in [7, 11) is -3.88. The van der Waals surface area contributed by atoms with Gasteiger partial charge in [0.15, 0.2) is 16.5 Å². The number of thioether (sulfide) groups is 1. The molecule has 5 rings (SSSR count). The lowest BCUT2D eigenvalue weighted by Crippen LogP contribution is -2.14. The zero-order chi connectivity index (χ0) is 24.4. The van der Waals surface area contributed by atoms with Crippen LogP contribution in [0.1, 0.15) is 5.56 Å². The summed E-state index contributed by atoms with van der Waals surface area (Å²) >= 11 is 1.05. The summed E-state index contributed by atoms with van der Waals surface area (Å²) in [6.07, 6.45) is 0. The molecule has 0 bridgehead atoms. The van der Waals surface area contributed by atoms with Gasteiger partial charge in [-0.3, -0.25) is 4.79 Å². The largest absolute Gasteiger partial charge is 0.454 e. The molecule has 0 atom stereocenters. The number of ether oxygens (including phenoxy) is 2. The zero-order valence-corrected chi connectivity index (χ0v) is 20.3. The van der Waals surface area contributed by atoms with Gasteiger partial charge in [-0.25, -0.2) is 13.4 Å². The number of imidazole rings is 1. The van der Waals surface area contributed by atoms with Crippen molar-refractivity contribution in [2.24, 2.45) is 0 Å². The molecule has 35 heavy (non-hydrogen) atoms. The maximum absolute atomic E-state index is 13.4. The molecule has 1 aliphatic rings. The molecule has 2 N–H and O–H groups in total. The van der Waals surface area contributed by atoms with Crippen LogP contribution in [0.5, 0.6) is 11.5 Å². The first-order valence-corrected chi connectivity index (χ1v) is 13.2. The Balaban J connectivity index is 1.40. The first-order chi connectivity index (χ1) is 16.9. The van der Waals surface area contributed by atoms with Crippen molar-refractivity contribution in [2.75, 3.05) is 17.9 Å². The molecule has 0 fully saturated rings. The number of hydrogen-bond donors (Lipinski definition) is 2. The van der Waals surface area contributed by atoms with Gasteiger partial charge in [-0.2, -0.15) is 0 Å². The monoisotopic (exact) mass is 507 g/mol. The number of sulfone groups is 1. The number of rotatable bonds is 7. The molecule has 10 heteroatoms. The molecular formula is C25H21N3O5S2. The lowest BCUT2D eigenvalue weighted by molar-refractivity contribution is -0.113. The van der Waals surface area contributed by atoms with E-state index >= 15 is 0 Å². The number of benzene rings is 3. The summed E-state index contributed by atoms with van der Waals surface area (Å²) in [5, 5.41) is 2.98. The Morgan fingerprint density at radius 2 is 1.77 bits per heavy atom. The molecule has 0 spiro atoms. The number of aromatic nitrogens is 2. The maximum atomic E-state index is 13.4. The molecule has 0 saturated carbocycles. The normalized spacial score (nSPS) is 12.5. The van der Waals surface area contributed by atoms with Gasteiger partial charge in [-0.15, -0.1) is 0 Å². The number of H-pyrrole nitrogens is 1. The number of hydrogen-bond acceptors (Lipinski definition) is 7. The lowest BCUT2D eigenvalue weighted by Gasteiger charge is -2.07. The van der Waals surface area contributed by atoms with Crippen molar-refractivity contribution in [1.29, 1.82) is 0 Å². The standard InChI is InChI=1S/C25H21N3O5S2/c1-16-7-9-17(10-8-16)23-27-24(25(28-23)35(30,31)19-5-3-2-4-6-19)34-14-22(29)26-18-11-12-20-21(13-18)33-15-32-20/h2-13H,14-15H2,1H3,(H,26,29)(H,27,28). The molecule has 1 aromatic heterocycles. The highest BCUT2D eigenvalue weighted by Gasteiger charge is 2.27. The van der Waals surface area contributed by atoms with E-state index in [9.17, 15) is 13.2 Å². The minimum atomic E-state index is -3.88. The minimum absolute atomic E-state index is 0.0378. The SMILES string of the molecule is Cc1ccc(-c2nc(SCC(=O)Nc3ccc4c(c3)OCO4)c(S(=O)(=O)c3ccccc3)[nH]2)cc1. The van der Waals surface area contributed by atoms with E-state index in [4.69, 9.17) is 9.47 Å². The van der Waals surface area contributed by atoms with Gasteiger partial charge in [0, 0.05) is 17.3 Å². The van der Waals surface area contributed by atoms with Crippen molar-refractivity contribution in [1.82, 2.24) is 9.97 Å². The van der Waals surface area contributed by atoms with Gasteiger partial charge in [0.25, 0.3) is 0 Å². The van der Waals surface area contributed by atoms with Crippen molar-refractivity contribution in [3.8, 4) is 22.9 Å². The molecule has 8 nitrogen and oxygen atoms in total. The molecule has 3 aromatic carbocycles. The highest BCUT2D eigenvalue weighted by Crippen LogP contribution is 2.35. The number of nitrogens with zero attached hydrogens (tertiary/aromatic N) is 1. The third kappa shape index (κ3) is 4.89. The van der Waals surface area contributed by atoms with Crippen LogP contribution in [0.3, 0.4) is 0 Å². The average molecular weight is 508 g/mol. The van der Waals surface area contributed by atoms with Crippen molar-refractivity contribution in [3.05, 3.63) is 78.4 Å². The Labute approximate surface area is 206 Å². The lowest BCUT2D eigenvalue weighted by atomic mass is 10.1. The fraction of sp³-hybridized carbons (Fsp3) is 0.120. The third-order valence-corrected chi connectivity index (χ3v) is 8.11. The van der Waals surface area contributed by atoms with Gasteiger partial charge < -0.3 is 19.8 Å². The molecule has 0 aliphatic carbocycles. The van der Waals surface area contributed by atoms with E-state index in [0.29, 0.717) is 23.0 Å². The highest BCUT2D eigenvalue weighted by atomic mass is 32.2. The molecular weight excluding hydrogens is 486 g/mol. The molecule has 0 unspecified atom stereocenters. The number of amides is 1. The fourth-order valence-electron chi connectivity index (χ4n) is 3.49. The van der Waals surface area contributed by atoms with E-state index in [1.165, 1.54) is 12.1 Å². The van der Waals surface area contributed by atoms with E-state index in [1.807, 2.05) is 31.2 Å². The first kappa shape index (κ1) is 23.0. The number of fused-ring (bicyclic) bond motifs is 1. The summed E-state index contributed by atoms with van der Waals surface area (Å²) < 4.78 is 37.4. The molecule has 1 aliphatic heterocycles. The average Bonchev–Trinajstić information content (AvgIpc) is 3.51. The Hall–Kier alpha value is -3.76. The second kappa shape index (κ2) is 9.47. The molecule has 178 valence electrons. The second-order valence-corrected chi connectivity index (χ2v) is 10.7. The van der Waals surface area contributed by atoms with Crippen LogP contribution in [-0.4, -0.2) is 36.8 Å². The van der Waals surface area contributed by atoms with E-state index in [2.05, 4.69) is 15.3 Å². The molecule has 2 heterocycles. The smallest absolute Gasteiger partial charge is 0.234 e. The van der Waals surface area contributed by atoms with Crippen molar-refractivity contribution in [3.63, 3.8) is 0 Å². The van der Waals surface area contributed by atoms with Crippen LogP contribution in [0.25, 0.3) is 11.4 Å². The number of carbonyl (C=O) groups is 1. The first-order valence-electron chi connectivity index (χ1n) is 10.7. The Kier molecular flexibility index (Phi) is 6.23. The molecule has 0 saturated heterocycles. The number of aryl methyl sites for hydroxylation is 1. The van der Waals surface area contributed by atoms with Crippen LogP contribution in [-0.2, 0) is 14.6 Å².